The van der Waals surface area contributed by atoms with Crippen LogP contribution in [0.2, 0.25) is 0 Å². The van der Waals surface area contributed by atoms with Gasteiger partial charge >= 0.3 is 0 Å². The molecule has 1 N–H and O–H groups in total. The Morgan fingerprint density at radius 3 is 2.60 bits per heavy atom. The molecule has 6 rings (SSSR count). The number of pyridine rings is 1. The molecule has 3 aliphatic heterocycles. The number of carbonyl (C=O) groups excluding carboxylic acids is 1. The monoisotopic (exact) mass is 477 g/mol. The highest BCUT2D eigenvalue weighted by atomic mass is 16.5. The van der Waals surface area contributed by atoms with Crippen molar-refractivity contribution >= 4 is 22.5 Å². The van der Waals surface area contributed by atoms with Gasteiger partial charge in [0.15, 0.2) is 0 Å². The van der Waals surface area contributed by atoms with Gasteiger partial charge in [-0.15, -0.1) is 0 Å². The number of ether oxygens (including phenoxy) is 2. The lowest BCUT2D eigenvalue weighted by Crippen LogP contribution is -2.53. The maximum atomic E-state index is 12.9. The minimum Gasteiger partial charge on any atom is -0.381 e. The number of benzene rings is 1. The van der Waals surface area contributed by atoms with Crippen molar-refractivity contribution in [2.45, 2.75) is 64.3 Å². The maximum absolute atomic E-state index is 12.9. The molecule has 0 bridgehead atoms. The minimum atomic E-state index is 0.109. The zero-order valence-electron chi connectivity index (χ0n) is 21.4. The summed E-state index contributed by atoms with van der Waals surface area (Å²) in [6.07, 6.45) is 7.25. The van der Waals surface area contributed by atoms with Crippen molar-refractivity contribution in [1.29, 1.82) is 0 Å². The molecule has 6 nitrogen and oxygen atoms in total. The van der Waals surface area contributed by atoms with Gasteiger partial charge in [0.2, 0.25) is 5.91 Å². The second kappa shape index (κ2) is 8.82. The molecule has 4 heterocycles. The van der Waals surface area contributed by atoms with E-state index in [1.54, 1.807) is 0 Å². The lowest BCUT2D eigenvalue weighted by molar-refractivity contribution is -0.118. The van der Waals surface area contributed by atoms with E-state index in [-0.39, 0.29) is 22.8 Å². The normalized spacial score (nSPS) is 31.2. The Morgan fingerprint density at radius 1 is 1.11 bits per heavy atom. The summed E-state index contributed by atoms with van der Waals surface area (Å²) in [6.45, 7) is 12.5. The predicted molar refractivity (Wildman–Crippen MR) is 138 cm³/mol. The van der Waals surface area contributed by atoms with E-state index in [1.807, 2.05) is 6.20 Å². The van der Waals surface area contributed by atoms with E-state index < -0.39 is 0 Å². The van der Waals surface area contributed by atoms with Crippen LogP contribution in [0.25, 0.3) is 10.8 Å². The highest BCUT2D eigenvalue weighted by molar-refractivity contribution is 5.96. The first kappa shape index (κ1) is 23.4. The number of anilines is 1. The summed E-state index contributed by atoms with van der Waals surface area (Å²) < 4.78 is 11.3. The Hall–Kier alpha value is -2.02. The molecule has 1 aromatic heterocycles. The average molecular weight is 478 g/mol. The zero-order valence-corrected chi connectivity index (χ0v) is 21.4. The Bertz CT molecular complexity index is 1120. The van der Waals surface area contributed by atoms with E-state index in [0.717, 1.165) is 64.2 Å². The van der Waals surface area contributed by atoms with Crippen LogP contribution in [0.5, 0.6) is 0 Å². The number of hydrogen-bond donors (Lipinski definition) is 1. The first-order valence-electron chi connectivity index (χ1n) is 13.5. The summed E-state index contributed by atoms with van der Waals surface area (Å²) >= 11 is 0. The quantitative estimate of drug-likeness (QED) is 0.678. The molecule has 35 heavy (non-hydrogen) atoms. The number of nitrogens with one attached hydrogen (secondary N) is 1. The summed E-state index contributed by atoms with van der Waals surface area (Å²) in [5, 5.41) is 5.42. The van der Waals surface area contributed by atoms with Crippen molar-refractivity contribution in [1.82, 2.24) is 9.88 Å². The van der Waals surface area contributed by atoms with Crippen molar-refractivity contribution in [3.8, 4) is 0 Å². The molecular weight excluding hydrogens is 438 g/mol. The molecule has 0 unspecified atom stereocenters. The molecule has 3 atom stereocenters. The Kier molecular flexibility index (Phi) is 5.89. The molecule has 3 saturated heterocycles. The number of piperidine rings is 1. The van der Waals surface area contributed by atoms with Crippen molar-refractivity contribution in [2.24, 2.45) is 17.3 Å². The lowest BCUT2D eigenvalue weighted by atomic mass is 9.82. The van der Waals surface area contributed by atoms with Gasteiger partial charge < -0.3 is 14.8 Å². The molecule has 2 aromatic rings. The fourth-order valence-electron chi connectivity index (χ4n) is 6.96. The summed E-state index contributed by atoms with van der Waals surface area (Å²) in [6, 6.07) is 6.67. The van der Waals surface area contributed by atoms with Crippen LogP contribution in [-0.2, 0) is 14.3 Å². The third-order valence-electron chi connectivity index (χ3n) is 9.83. The van der Waals surface area contributed by atoms with Gasteiger partial charge in [0.05, 0.1) is 13.2 Å². The third kappa shape index (κ3) is 4.17. The molecule has 1 aliphatic carbocycles. The molecule has 6 heteroatoms. The van der Waals surface area contributed by atoms with Gasteiger partial charge in [-0.05, 0) is 105 Å². The van der Waals surface area contributed by atoms with Gasteiger partial charge in [-0.25, -0.2) is 4.98 Å². The summed E-state index contributed by atoms with van der Waals surface area (Å²) in [7, 11) is 0. The van der Waals surface area contributed by atoms with Crippen LogP contribution >= 0.6 is 0 Å². The number of aromatic nitrogens is 1. The first-order chi connectivity index (χ1) is 16.9. The molecule has 1 saturated carbocycles. The van der Waals surface area contributed by atoms with Crippen molar-refractivity contribution in [3.05, 3.63) is 35.5 Å². The second-order valence-corrected chi connectivity index (χ2v) is 11.9. The van der Waals surface area contributed by atoms with Gasteiger partial charge in [0.1, 0.15) is 5.82 Å². The van der Waals surface area contributed by atoms with Crippen LogP contribution in [0.1, 0.15) is 63.0 Å². The van der Waals surface area contributed by atoms with E-state index in [4.69, 9.17) is 9.47 Å². The van der Waals surface area contributed by atoms with Crippen LogP contribution in [0.4, 0.5) is 5.82 Å². The largest absolute Gasteiger partial charge is 0.381 e. The summed E-state index contributed by atoms with van der Waals surface area (Å²) in [5.41, 5.74) is 3.15. The van der Waals surface area contributed by atoms with Crippen LogP contribution in [0.3, 0.4) is 0 Å². The van der Waals surface area contributed by atoms with Crippen LogP contribution < -0.4 is 5.32 Å². The van der Waals surface area contributed by atoms with Crippen molar-refractivity contribution < 1.29 is 14.3 Å². The van der Waals surface area contributed by atoms with Gasteiger partial charge in [0.25, 0.3) is 0 Å². The number of nitrogens with zero attached hydrogens (tertiary/aromatic N) is 2. The Balaban J connectivity index is 1.15. The van der Waals surface area contributed by atoms with Crippen LogP contribution in [0, 0.1) is 24.2 Å². The molecule has 188 valence electrons. The van der Waals surface area contributed by atoms with E-state index in [0.29, 0.717) is 17.7 Å². The molecular formula is C29H39N3O3. The summed E-state index contributed by atoms with van der Waals surface area (Å²) in [4.78, 5) is 20.2. The molecule has 1 spiro atoms. The van der Waals surface area contributed by atoms with E-state index in [1.165, 1.54) is 29.4 Å². The fraction of sp³-hybridized carbons (Fsp3) is 0.655. The fourth-order valence-corrected chi connectivity index (χ4v) is 6.96. The molecule has 1 aromatic carbocycles. The van der Waals surface area contributed by atoms with Gasteiger partial charge in [-0.3, -0.25) is 9.69 Å². The van der Waals surface area contributed by atoms with E-state index >= 15 is 0 Å². The van der Waals surface area contributed by atoms with Crippen molar-refractivity contribution in [3.63, 3.8) is 0 Å². The highest BCUT2D eigenvalue weighted by Gasteiger charge is 2.58. The van der Waals surface area contributed by atoms with Gasteiger partial charge in [0, 0.05) is 36.3 Å². The minimum absolute atomic E-state index is 0.109. The molecule has 1 amide bonds. The first-order valence-corrected chi connectivity index (χ1v) is 13.5. The molecule has 4 aliphatic rings. The smallest absolute Gasteiger partial charge is 0.229 e. The van der Waals surface area contributed by atoms with E-state index in [9.17, 15) is 4.79 Å². The third-order valence-corrected chi connectivity index (χ3v) is 9.83. The number of aryl methyl sites for hydroxylation is 1. The number of fused-ring (bicyclic) bond motifs is 1. The molecule has 4 fully saturated rings. The number of rotatable bonds is 4. The van der Waals surface area contributed by atoms with E-state index in [2.05, 4.69) is 54.2 Å². The average Bonchev–Trinajstić information content (AvgIpc) is 3.44. The highest BCUT2D eigenvalue weighted by Crippen LogP contribution is 2.59. The van der Waals surface area contributed by atoms with Crippen LogP contribution in [-0.4, -0.2) is 60.8 Å². The number of likely N-dealkylation sites (tertiary alicyclic amines) is 1. The second-order valence-electron chi connectivity index (χ2n) is 11.9. The molecule has 0 radical (unpaired) electrons. The van der Waals surface area contributed by atoms with Gasteiger partial charge in [-0.2, -0.15) is 0 Å². The SMILES string of the molecule is Cc1cc2cnc(NC(=O)[C@@H]3CC34CCOCC4)cc2cc1C1CCN([C@@]2(C)COC[C@H]2C)CC1. The Morgan fingerprint density at radius 2 is 1.89 bits per heavy atom. The predicted octanol–water partition coefficient (Wildman–Crippen LogP) is 4.90. The van der Waals surface area contributed by atoms with Crippen molar-refractivity contribution in [2.75, 3.05) is 44.8 Å². The number of hydrogen-bond acceptors (Lipinski definition) is 5. The number of carbonyl (C=O) groups is 1. The Labute approximate surface area is 208 Å². The lowest BCUT2D eigenvalue weighted by Gasteiger charge is -2.44. The zero-order chi connectivity index (χ0) is 24.2. The van der Waals surface area contributed by atoms with Crippen LogP contribution in [0.15, 0.2) is 24.4 Å². The maximum Gasteiger partial charge on any atom is 0.229 e. The number of amides is 1. The summed E-state index contributed by atoms with van der Waals surface area (Å²) in [5.74, 6) is 2.06. The standard InChI is InChI=1S/C29H39N3O3/c1-19-12-23-16-30-26(31-27(33)25-15-29(25)6-10-34-11-7-29)14-22(23)13-24(19)21-4-8-32(9-5-21)28(3)18-35-17-20(28)2/h12-14,16,20-21,25H,4-11,15,17-18H2,1-3H3,(H,30,31,33)/t20-,25+,28+/m1/s1. The van der Waals surface area contributed by atoms with Gasteiger partial charge in [-0.1, -0.05) is 13.0 Å². The topological polar surface area (TPSA) is 63.7 Å².